The number of ether oxygens (including phenoxy) is 1. The molecule has 1 aromatic rings. The summed E-state index contributed by atoms with van der Waals surface area (Å²) < 4.78 is 6.24. The molecule has 144 valence electrons. The van der Waals surface area contributed by atoms with Crippen molar-refractivity contribution in [3.63, 3.8) is 0 Å². The van der Waals surface area contributed by atoms with Gasteiger partial charge in [0.1, 0.15) is 11.4 Å². The lowest BCUT2D eigenvalue weighted by Gasteiger charge is -2.54. The summed E-state index contributed by atoms with van der Waals surface area (Å²) in [6.07, 6.45) is 16.1. The van der Waals surface area contributed by atoms with E-state index in [2.05, 4.69) is 35.9 Å². The second-order valence-electron chi connectivity index (χ2n) is 9.40. The van der Waals surface area contributed by atoms with Crippen LogP contribution in [0, 0.1) is 17.8 Å². The molecule has 3 nitrogen and oxygen atoms in total. The Morgan fingerprint density at radius 2 is 2.00 bits per heavy atom. The van der Waals surface area contributed by atoms with E-state index in [0.717, 1.165) is 44.4 Å². The van der Waals surface area contributed by atoms with Gasteiger partial charge in [0.2, 0.25) is 0 Å². The molecule has 2 aliphatic carbocycles. The van der Waals surface area contributed by atoms with Gasteiger partial charge in [-0.2, -0.15) is 0 Å². The molecule has 0 radical (unpaired) electrons. The number of fused-ring (bicyclic) bond motifs is 5. The Balaban J connectivity index is 1.40. The summed E-state index contributed by atoms with van der Waals surface area (Å²) in [5.74, 6) is 3.80. The third kappa shape index (κ3) is 2.57. The second kappa shape index (κ2) is 6.26. The number of aliphatic hydroxyl groups is 1. The average Bonchev–Trinajstić information content (AvgIpc) is 3.28. The number of rotatable bonds is 2. The van der Waals surface area contributed by atoms with Gasteiger partial charge >= 0.3 is 0 Å². The molecule has 0 amide bonds. The molecule has 2 aliphatic heterocycles. The van der Waals surface area contributed by atoms with Crippen LogP contribution >= 0.6 is 0 Å². The Kier molecular flexibility index (Phi) is 4.08. The maximum absolute atomic E-state index is 11.0. The van der Waals surface area contributed by atoms with E-state index in [1.54, 1.807) is 0 Å². The van der Waals surface area contributed by atoms with Crippen LogP contribution in [0.25, 0.3) is 0 Å². The van der Waals surface area contributed by atoms with E-state index in [4.69, 9.17) is 11.2 Å². The first-order valence-electron chi connectivity index (χ1n) is 10.8. The average molecular weight is 366 g/mol. The number of piperidine rings is 1. The van der Waals surface area contributed by atoms with Crippen molar-refractivity contribution < 1.29 is 9.84 Å². The van der Waals surface area contributed by atoms with Crippen molar-refractivity contribution in [2.75, 3.05) is 6.54 Å². The number of nitrogens with zero attached hydrogens (tertiary/aromatic N) is 1. The number of benzene rings is 1. The molecular formula is C24H31NO2. The normalized spacial score (nSPS) is 38.7. The van der Waals surface area contributed by atoms with Crippen molar-refractivity contribution in [1.29, 1.82) is 0 Å². The molecule has 3 heteroatoms. The molecule has 0 bridgehead atoms. The number of terminal acetylenes is 1. The summed E-state index contributed by atoms with van der Waals surface area (Å²) in [6.45, 7) is 3.28. The lowest BCUT2D eigenvalue weighted by molar-refractivity contribution is -0.0839. The van der Waals surface area contributed by atoms with Crippen LogP contribution in [-0.2, 0) is 6.42 Å². The Bertz CT molecular complexity index is 777. The van der Waals surface area contributed by atoms with Crippen LogP contribution in [0.1, 0.15) is 75.5 Å². The van der Waals surface area contributed by atoms with E-state index in [-0.39, 0.29) is 5.41 Å². The third-order valence-corrected chi connectivity index (χ3v) is 8.15. The standard InChI is InChI=1S/C24H31NO2/c1-3-24(26)14-11-22-23(24,2)13-10-21-20-9-8-19(27-18-6-4-5-7-18)16-17(20)12-15-25(21)22/h1,8-9,16,18,21-22,26H,4-7,10-15H2,2H3/t21-,22-,23+,24+/m1/s1. The van der Waals surface area contributed by atoms with Gasteiger partial charge in [0, 0.05) is 24.0 Å². The predicted molar refractivity (Wildman–Crippen MR) is 107 cm³/mol. The van der Waals surface area contributed by atoms with Crippen molar-refractivity contribution in [3.8, 4) is 18.1 Å². The largest absolute Gasteiger partial charge is 0.490 e. The van der Waals surface area contributed by atoms with Crippen LogP contribution in [-0.4, -0.2) is 34.3 Å². The van der Waals surface area contributed by atoms with Crippen molar-refractivity contribution in [2.45, 2.75) is 88.5 Å². The minimum Gasteiger partial charge on any atom is -0.490 e. The van der Waals surface area contributed by atoms with Gasteiger partial charge in [-0.05, 0) is 81.0 Å². The van der Waals surface area contributed by atoms with Crippen LogP contribution in [0.3, 0.4) is 0 Å². The molecule has 27 heavy (non-hydrogen) atoms. The van der Waals surface area contributed by atoms with Crippen LogP contribution in [0.2, 0.25) is 0 Å². The molecule has 4 atom stereocenters. The summed E-state index contributed by atoms with van der Waals surface area (Å²) in [5, 5.41) is 11.0. The monoisotopic (exact) mass is 365 g/mol. The van der Waals surface area contributed by atoms with E-state index >= 15 is 0 Å². The van der Waals surface area contributed by atoms with Gasteiger partial charge in [-0.3, -0.25) is 4.90 Å². The van der Waals surface area contributed by atoms with Gasteiger partial charge in [-0.25, -0.2) is 0 Å². The highest BCUT2D eigenvalue weighted by Gasteiger charge is 2.60. The second-order valence-corrected chi connectivity index (χ2v) is 9.40. The van der Waals surface area contributed by atoms with Gasteiger partial charge in [0.15, 0.2) is 0 Å². The van der Waals surface area contributed by atoms with Crippen molar-refractivity contribution in [3.05, 3.63) is 29.3 Å². The van der Waals surface area contributed by atoms with E-state index in [9.17, 15) is 5.11 Å². The van der Waals surface area contributed by atoms with Crippen LogP contribution in [0.15, 0.2) is 18.2 Å². The molecule has 1 saturated heterocycles. The van der Waals surface area contributed by atoms with E-state index in [0.29, 0.717) is 18.2 Å². The first kappa shape index (κ1) is 17.6. The van der Waals surface area contributed by atoms with Gasteiger partial charge in [0.25, 0.3) is 0 Å². The number of hydrogen-bond donors (Lipinski definition) is 1. The summed E-state index contributed by atoms with van der Waals surface area (Å²) in [4.78, 5) is 2.65. The number of hydrogen-bond acceptors (Lipinski definition) is 3. The summed E-state index contributed by atoms with van der Waals surface area (Å²) >= 11 is 0. The summed E-state index contributed by atoms with van der Waals surface area (Å²) in [6, 6.07) is 7.64. The minimum absolute atomic E-state index is 0.179. The zero-order chi connectivity index (χ0) is 18.6. The molecule has 2 saturated carbocycles. The molecule has 5 rings (SSSR count). The van der Waals surface area contributed by atoms with E-state index in [1.165, 1.54) is 36.8 Å². The lowest BCUT2D eigenvalue weighted by Crippen LogP contribution is -2.57. The zero-order valence-corrected chi connectivity index (χ0v) is 16.4. The minimum atomic E-state index is -0.943. The van der Waals surface area contributed by atoms with Gasteiger partial charge in [-0.15, -0.1) is 6.42 Å². The first-order valence-corrected chi connectivity index (χ1v) is 10.8. The van der Waals surface area contributed by atoms with Crippen molar-refractivity contribution in [1.82, 2.24) is 4.90 Å². The Morgan fingerprint density at radius 3 is 2.78 bits per heavy atom. The molecule has 0 spiro atoms. The highest BCUT2D eigenvalue weighted by Crippen LogP contribution is 2.58. The van der Waals surface area contributed by atoms with Crippen LogP contribution in [0.4, 0.5) is 0 Å². The SMILES string of the molecule is C#C[C@]1(O)CC[C@H]2N3CCc4cc(OC5CCCC5)ccc4[C@H]3CC[C@@]21C. The highest BCUT2D eigenvalue weighted by atomic mass is 16.5. The molecule has 1 aromatic carbocycles. The highest BCUT2D eigenvalue weighted by molar-refractivity contribution is 5.40. The lowest BCUT2D eigenvalue weighted by atomic mass is 9.66. The van der Waals surface area contributed by atoms with Crippen molar-refractivity contribution in [2.24, 2.45) is 5.41 Å². The van der Waals surface area contributed by atoms with Crippen molar-refractivity contribution >= 4 is 0 Å². The third-order valence-electron chi connectivity index (χ3n) is 8.15. The molecule has 0 unspecified atom stereocenters. The van der Waals surface area contributed by atoms with E-state index < -0.39 is 5.60 Å². The maximum atomic E-state index is 11.0. The van der Waals surface area contributed by atoms with Crippen LogP contribution < -0.4 is 4.74 Å². The predicted octanol–water partition coefficient (Wildman–Crippen LogP) is 4.23. The Hall–Kier alpha value is -1.50. The molecule has 2 heterocycles. The van der Waals surface area contributed by atoms with Crippen LogP contribution in [0.5, 0.6) is 5.75 Å². The van der Waals surface area contributed by atoms with Gasteiger partial charge < -0.3 is 9.84 Å². The Labute approximate surface area is 163 Å². The molecule has 0 aromatic heterocycles. The molecule has 4 aliphatic rings. The molecule has 3 fully saturated rings. The fraction of sp³-hybridized carbons (Fsp3) is 0.667. The summed E-state index contributed by atoms with van der Waals surface area (Å²) in [7, 11) is 0. The maximum Gasteiger partial charge on any atom is 0.132 e. The first-order chi connectivity index (χ1) is 13.0. The topological polar surface area (TPSA) is 32.7 Å². The fourth-order valence-electron chi connectivity index (χ4n) is 6.48. The molecular weight excluding hydrogens is 334 g/mol. The quantitative estimate of drug-likeness (QED) is 0.796. The zero-order valence-electron chi connectivity index (χ0n) is 16.4. The Morgan fingerprint density at radius 1 is 1.19 bits per heavy atom. The van der Waals surface area contributed by atoms with Gasteiger partial charge in [0.05, 0.1) is 6.10 Å². The molecule has 1 N–H and O–H groups in total. The summed E-state index contributed by atoms with van der Waals surface area (Å²) in [5.41, 5.74) is 1.81. The fourth-order valence-corrected chi connectivity index (χ4v) is 6.48. The van der Waals surface area contributed by atoms with Gasteiger partial charge in [-0.1, -0.05) is 18.9 Å². The smallest absolute Gasteiger partial charge is 0.132 e. The van der Waals surface area contributed by atoms with E-state index in [1.807, 2.05) is 0 Å².